The highest BCUT2D eigenvalue weighted by atomic mass is 35.5. The van der Waals surface area contributed by atoms with E-state index in [-0.39, 0.29) is 11.1 Å². The molecule has 1 saturated carbocycles. The van der Waals surface area contributed by atoms with Crippen molar-refractivity contribution in [3.05, 3.63) is 22.8 Å². The number of pyridine rings is 1. The molecule has 4 nitrogen and oxygen atoms in total. The van der Waals surface area contributed by atoms with Gasteiger partial charge in [-0.05, 0) is 36.8 Å². The van der Waals surface area contributed by atoms with Gasteiger partial charge in [-0.25, -0.2) is 4.98 Å². The number of piperidine rings is 1. The molecular weight excluding hydrogens is 274 g/mol. The number of fused-ring (bicyclic) bond motifs is 1. The fourth-order valence-corrected chi connectivity index (χ4v) is 3.82. The summed E-state index contributed by atoms with van der Waals surface area (Å²) >= 11 is 5.88. The fraction of sp³-hybridized carbons (Fsp3) is 0.600. The molecule has 0 radical (unpaired) electrons. The number of carbonyl (C=O) groups excluding carboxylic acids is 1. The lowest BCUT2D eigenvalue weighted by Gasteiger charge is -2.41. The molecular formula is C15H20ClN3O. The van der Waals surface area contributed by atoms with Crippen molar-refractivity contribution in [2.24, 2.45) is 11.8 Å². The maximum absolute atomic E-state index is 12.6. The maximum Gasteiger partial charge on any atom is 0.254 e. The summed E-state index contributed by atoms with van der Waals surface area (Å²) < 4.78 is 0. The van der Waals surface area contributed by atoms with Crippen LogP contribution < -0.4 is 5.73 Å². The number of amides is 1. The Morgan fingerprint density at radius 3 is 2.75 bits per heavy atom. The van der Waals surface area contributed by atoms with E-state index in [2.05, 4.69) is 4.98 Å². The Balaban J connectivity index is 1.74. The number of halogens is 1. The standard InChI is InChI=1S/C15H20ClN3O/c16-13-7-12(8-14(17)18-13)15(20)19-6-5-10-3-1-2-4-11(10)9-19/h7-8,10-11H,1-6,9H2,(H2,17,18). The number of anilines is 1. The third-order valence-electron chi connectivity index (χ3n) is 4.64. The lowest BCUT2D eigenvalue weighted by molar-refractivity contribution is 0.0521. The number of nitrogens with zero attached hydrogens (tertiary/aromatic N) is 2. The topological polar surface area (TPSA) is 59.2 Å². The molecule has 20 heavy (non-hydrogen) atoms. The van der Waals surface area contributed by atoms with Gasteiger partial charge in [0.1, 0.15) is 11.0 Å². The zero-order chi connectivity index (χ0) is 14.1. The zero-order valence-electron chi connectivity index (χ0n) is 11.5. The zero-order valence-corrected chi connectivity index (χ0v) is 12.3. The Kier molecular flexibility index (Phi) is 3.83. The minimum atomic E-state index is 0.0324. The van der Waals surface area contributed by atoms with Crippen molar-refractivity contribution in [3.63, 3.8) is 0 Å². The highest BCUT2D eigenvalue weighted by Gasteiger charge is 2.33. The van der Waals surface area contributed by atoms with Crippen molar-refractivity contribution < 1.29 is 4.79 Å². The molecule has 1 amide bonds. The van der Waals surface area contributed by atoms with E-state index in [1.165, 1.54) is 25.7 Å². The second-order valence-electron chi connectivity index (χ2n) is 5.95. The van der Waals surface area contributed by atoms with E-state index in [4.69, 9.17) is 17.3 Å². The molecule has 1 aromatic heterocycles. The van der Waals surface area contributed by atoms with Crippen LogP contribution in [0.4, 0.5) is 5.82 Å². The quantitative estimate of drug-likeness (QED) is 0.810. The summed E-state index contributed by atoms with van der Waals surface area (Å²) in [4.78, 5) is 18.4. The number of rotatable bonds is 1. The molecule has 1 aliphatic carbocycles. The first-order chi connectivity index (χ1) is 9.63. The number of likely N-dealkylation sites (tertiary alicyclic amines) is 1. The summed E-state index contributed by atoms with van der Waals surface area (Å²) in [6, 6.07) is 3.22. The van der Waals surface area contributed by atoms with Crippen LogP contribution in [-0.2, 0) is 0 Å². The van der Waals surface area contributed by atoms with Gasteiger partial charge in [0.05, 0.1) is 0 Å². The van der Waals surface area contributed by atoms with Gasteiger partial charge in [-0.1, -0.05) is 30.9 Å². The number of nitrogens with two attached hydrogens (primary N) is 1. The minimum Gasteiger partial charge on any atom is -0.384 e. The van der Waals surface area contributed by atoms with E-state index in [1.54, 1.807) is 12.1 Å². The molecule has 1 saturated heterocycles. The van der Waals surface area contributed by atoms with Crippen molar-refractivity contribution in [2.45, 2.75) is 32.1 Å². The van der Waals surface area contributed by atoms with Gasteiger partial charge in [-0.3, -0.25) is 4.79 Å². The monoisotopic (exact) mass is 293 g/mol. The normalized spacial score (nSPS) is 26.1. The first-order valence-corrected chi connectivity index (χ1v) is 7.73. The molecule has 0 spiro atoms. The number of nitrogen functional groups attached to an aromatic ring is 1. The summed E-state index contributed by atoms with van der Waals surface area (Å²) in [5.41, 5.74) is 6.22. The SMILES string of the molecule is Nc1cc(C(=O)N2CCC3CCCCC3C2)cc(Cl)n1. The van der Waals surface area contributed by atoms with Gasteiger partial charge >= 0.3 is 0 Å². The van der Waals surface area contributed by atoms with E-state index in [9.17, 15) is 4.79 Å². The molecule has 1 aromatic rings. The highest BCUT2D eigenvalue weighted by molar-refractivity contribution is 6.29. The summed E-state index contributed by atoms with van der Waals surface area (Å²) in [5, 5.41) is 0.279. The van der Waals surface area contributed by atoms with Crippen LogP contribution in [0.15, 0.2) is 12.1 Å². The molecule has 2 atom stereocenters. The molecule has 5 heteroatoms. The minimum absolute atomic E-state index is 0.0324. The van der Waals surface area contributed by atoms with E-state index < -0.39 is 0 Å². The van der Waals surface area contributed by atoms with E-state index in [0.717, 1.165) is 25.4 Å². The third kappa shape index (κ3) is 2.75. The van der Waals surface area contributed by atoms with Gasteiger partial charge in [0, 0.05) is 18.7 Å². The van der Waals surface area contributed by atoms with Crippen molar-refractivity contribution in [1.82, 2.24) is 9.88 Å². The van der Waals surface area contributed by atoms with Crippen LogP contribution in [0.3, 0.4) is 0 Å². The van der Waals surface area contributed by atoms with Crippen LogP contribution in [0.5, 0.6) is 0 Å². The fourth-order valence-electron chi connectivity index (χ4n) is 3.61. The smallest absolute Gasteiger partial charge is 0.254 e. The Hall–Kier alpha value is -1.29. The largest absolute Gasteiger partial charge is 0.384 e. The first kappa shape index (κ1) is 13.7. The van der Waals surface area contributed by atoms with Crippen LogP contribution in [0, 0.1) is 11.8 Å². The van der Waals surface area contributed by atoms with Gasteiger partial charge in [0.25, 0.3) is 5.91 Å². The van der Waals surface area contributed by atoms with Gasteiger partial charge in [0.15, 0.2) is 0 Å². The number of aromatic nitrogens is 1. The Labute approximate surface area is 124 Å². The lowest BCUT2D eigenvalue weighted by Crippen LogP contribution is -2.44. The Bertz CT molecular complexity index is 500. The molecule has 2 N–H and O–H groups in total. The summed E-state index contributed by atoms with van der Waals surface area (Å²) in [5.74, 6) is 1.83. The van der Waals surface area contributed by atoms with Crippen LogP contribution in [0.25, 0.3) is 0 Å². The predicted octanol–water partition coefficient (Wildman–Crippen LogP) is 2.97. The maximum atomic E-state index is 12.6. The van der Waals surface area contributed by atoms with Crippen molar-refractivity contribution in [2.75, 3.05) is 18.8 Å². The molecule has 3 rings (SSSR count). The number of hydrogen-bond acceptors (Lipinski definition) is 3. The molecule has 0 bridgehead atoms. The van der Waals surface area contributed by atoms with Gasteiger partial charge in [0.2, 0.25) is 0 Å². The van der Waals surface area contributed by atoms with Crippen LogP contribution in [0.1, 0.15) is 42.5 Å². The second-order valence-corrected chi connectivity index (χ2v) is 6.34. The number of hydrogen-bond donors (Lipinski definition) is 1. The molecule has 0 aromatic carbocycles. The van der Waals surface area contributed by atoms with E-state index in [0.29, 0.717) is 17.3 Å². The van der Waals surface area contributed by atoms with Crippen LogP contribution in [0.2, 0.25) is 5.15 Å². The summed E-state index contributed by atoms with van der Waals surface area (Å²) in [7, 11) is 0. The molecule has 2 unspecified atom stereocenters. The lowest BCUT2D eigenvalue weighted by atomic mass is 9.75. The van der Waals surface area contributed by atoms with Crippen LogP contribution in [-0.4, -0.2) is 28.9 Å². The summed E-state index contributed by atoms with van der Waals surface area (Å²) in [6.45, 7) is 1.73. The van der Waals surface area contributed by atoms with Crippen molar-refractivity contribution in [3.8, 4) is 0 Å². The molecule has 2 aliphatic rings. The Morgan fingerprint density at radius 2 is 2.00 bits per heavy atom. The predicted molar refractivity (Wildman–Crippen MR) is 79.6 cm³/mol. The van der Waals surface area contributed by atoms with Crippen molar-refractivity contribution >= 4 is 23.3 Å². The Morgan fingerprint density at radius 1 is 1.25 bits per heavy atom. The average Bonchev–Trinajstić information content (AvgIpc) is 2.45. The summed E-state index contributed by atoms with van der Waals surface area (Å²) in [6.07, 6.45) is 6.38. The molecule has 108 valence electrons. The average molecular weight is 294 g/mol. The second kappa shape index (κ2) is 5.60. The highest BCUT2D eigenvalue weighted by Crippen LogP contribution is 2.36. The first-order valence-electron chi connectivity index (χ1n) is 7.36. The van der Waals surface area contributed by atoms with Gasteiger partial charge in [-0.15, -0.1) is 0 Å². The molecule has 2 heterocycles. The van der Waals surface area contributed by atoms with Crippen molar-refractivity contribution in [1.29, 1.82) is 0 Å². The van der Waals surface area contributed by atoms with E-state index >= 15 is 0 Å². The third-order valence-corrected chi connectivity index (χ3v) is 4.83. The van der Waals surface area contributed by atoms with E-state index in [1.807, 2.05) is 4.90 Å². The van der Waals surface area contributed by atoms with Crippen LogP contribution >= 0.6 is 11.6 Å². The number of carbonyl (C=O) groups is 1. The van der Waals surface area contributed by atoms with Gasteiger partial charge < -0.3 is 10.6 Å². The van der Waals surface area contributed by atoms with Gasteiger partial charge in [-0.2, -0.15) is 0 Å². The molecule has 1 aliphatic heterocycles. The molecule has 2 fully saturated rings.